The fourth-order valence-electron chi connectivity index (χ4n) is 1.13. The molecule has 1 saturated carbocycles. The van der Waals surface area contributed by atoms with Gasteiger partial charge in [0.15, 0.2) is 0 Å². The van der Waals surface area contributed by atoms with Gasteiger partial charge in [-0.2, -0.15) is 12.6 Å². The summed E-state index contributed by atoms with van der Waals surface area (Å²) in [4.78, 5) is 0. The van der Waals surface area contributed by atoms with Crippen LogP contribution in [0, 0.1) is 5.92 Å². The number of hydrogen-bond donors (Lipinski definition) is 1. The molecule has 0 saturated heterocycles. The molecule has 0 N–H and O–H groups in total. The predicted octanol–water partition coefficient (Wildman–Crippen LogP) is 4.88. The molecule has 2 atom stereocenters. The molecular formula is C13H26S. The highest BCUT2D eigenvalue weighted by Crippen LogP contribution is 2.28. The lowest BCUT2D eigenvalue weighted by atomic mass is 10.1. The van der Waals surface area contributed by atoms with Gasteiger partial charge >= 0.3 is 0 Å². The van der Waals surface area contributed by atoms with Gasteiger partial charge in [-0.05, 0) is 32.1 Å². The smallest absolute Gasteiger partial charge is 0.00424 e. The van der Waals surface area contributed by atoms with Crippen LogP contribution < -0.4 is 0 Å². The highest BCUT2D eigenvalue weighted by Gasteiger charge is 2.18. The van der Waals surface area contributed by atoms with E-state index in [-0.39, 0.29) is 0 Å². The summed E-state index contributed by atoms with van der Waals surface area (Å²) in [6.07, 6.45) is 8.84. The molecule has 0 spiro atoms. The minimum absolute atomic E-state index is 0.708. The molecule has 0 amide bonds. The largest absolute Gasteiger partial charge is 0.176 e. The van der Waals surface area contributed by atoms with E-state index in [4.69, 9.17) is 0 Å². The lowest BCUT2D eigenvalue weighted by Gasteiger charge is -2.04. The normalized spacial score (nSPS) is 23.7. The Hall–Kier alpha value is -0.170. The summed E-state index contributed by atoms with van der Waals surface area (Å²) in [7, 11) is 0. The average molecular weight is 214 g/mol. The molecule has 0 aliphatic heterocycles. The van der Waals surface area contributed by atoms with Crippen LogP contribution in [-0.2, 0) is 0 Å². The van der Waals surface area contributed by atoms with Crippen molar-refractivity contribution in [2.24, 2.45) is 5.92 Å². The van der Waals surface area contributed by atoms with Crippen LogP contribution in [0.25, 0.3) is 0 Å². The summed E-state index contributed by atoms with van der Waals surface area (Å²) in [6.45, 7) is 13.1. The first-order valence-electron chi connectivity index (χ1n) is 5.49. The van der Waals surface area contributed by atoms with Gasteiger partial charge in [0.05, 0.1) is 0 Å². The molecule has 0 aromatic rings. The quantitative estimate of drug-likeness (QED) is 0.467. The van der Waals surface area contributed by atoms with Crippen molar-refractivity contribution in [3.05, 3.63) is 25.3 Å². The first-order chi connectivity index (χ1) is 6.63. The molecule has 1 heteroatoms. The summed E-state index contributed by atoms with van der Waals surface area (Å²) >= 11 is 4.39. The second-order valence-electron chi connectivity index (χ2n) is 3.58. The molecule has 1 rings (SSSR count). The standard InChI is InChI=1S/C6H12S.C4H8.C3H6/c1-5-3-2-4-6(5)7;1-3-4-2;1-3-2/h5-7H,2-4H2,1H3;3H,1,4H2,2H3;3H,1H2,2H3. The van der Waals surface area contributed by atoms with E-state index in [0.29, 0.717) is 5.25 Å². The molecule has 84 valence electrons. The SMILES string of the molecule is C=CC.C=CCC.CC1CCCC1S. The Bertz CT molecular complexity index is 121. The predicted molar refractivity (Wildman–Crippen MR) is 72.1 cm³/mol. The van der Waals surface area contributed by atoms with Crippen LogP contribution in [0.3, 0.4) is 0 Å². The maximum Gasteiger partial charge on any atom is 0.00424 e. The Balaban J connectivity index is 0. The summed E-state index contributed by atoms with van der Waals surface area (Å²) in [5, 5.41) is 0.708. The molecule has 1 fully saturated rings. The average Bonchev–Trinajstić information content (AvgIpc) is 2.53. The van der Waals surface area contributed by atoms with Crippen LogP contribution in [-0.4, -0.2) is 5.25 Å². The summed E-state index contributed by atoms with van der Waals surface area (Å²) in [6, 6.07) is 0. The molecule has 1 aliphatic rings. The fourth-order valence-corrected chi connectivity index (χ4v) is 1.46. The Kier molecular flexibility index (Phi) is 14.9. The summed E-state index contributed by atoms with van der Waals surface area (Å²) in [5.41, 5.74) is 0. The van der Waals surface area contributed by atoms with E-state index in [1.807, 2.05) is 13.0 Å². The molecule has 0 radical (unpaired) electrons. The molecule has 0 heterocycles. The highest BCUT2D eigenvalue weighted by atomic mass is 32.1. The minimum Gasteiger partial charge on any atom is -0.176 e. The zero-order valence-electron chi connectivity index (χ0n) is 10.00. The number of thiol groups is 1. The second-order valence-corrected chi connectivity index (χ2v) is 4.24. The lowest BCUT2D eigenvalue weighted by molar-refractivity contribution is 0.627. The molecule has 0 nitrogen and oxygen atoms in total. The molecule has 0 aromatic carbocycles. The lowest BCUT2D eigenvalue weighted by Crippen LogP contribution is -1.99. The van der Waals surface area contributed by atoms with Gasteiger partial charge in [0.1, 0.15) is 0 Å². The van der Waals surface area contributed by atoms with Crippen LogP contribution in [0.1, 0.15) is 46.5 Å². The van der Waals surface area contributed by atoms with Crippen molar-refractivity contribution in [2.75, 3.05) is 0 Å². The maximum absolute atomic E-state index is 4.39. The third-order valence-electron chi connectivity index (χ3n) is 2.10. The minimum atomic E-state index is 0.708. The van der Waals surface area contributed by atoms with Crippen molar-refractivity contribution in [1.29, 1.82) is 0 Å². The highest BCUT2D eigenvalue weighted by molar-refractivity contribution is 7.81. The number of rotatable bonds is 1. The zero-order valence-corrected chi connectivity index (χ0v) is 10.9. The van der Waals surface area contributed by atoms with Gasteiger partial charge in [0.2, 0.25) is 0 Å². The van der Waals surface area contributed by atoms with Gasteiger partial charge in [-0.25, -0.2) is 0 Å². The monoisotopic (exact) mass is 214 g/mol. The topological polar surface area (TPSA) is 0 Å². The molecular weight excluding hydrogens is 188 g/mol. The molecule has 1 aliphatic carbocycles. The molecule has 0 bridgehead atoms. The molecule has 14 heavy (non-hydrogen) atoms. The number of hydrogen-bond acceptors (Lipinski definition) is 1. The van der Waals surface area contributed by atoms with Crippen molar-refractivity contribution in [1.82, 2.24) is 0 Å². The zero-order chi connectivity index (χ0) is 11.4. The van der Waals surface area contributed by atoms with Crippen molar-refractivity contribution < 1.29 is 0 Å². The first-order valence-corrected chi connectivity index (χ1v) is 6.01. The van der Waals surface area contributed by atoms with E-state index in [1.165, 1.54) is 19.3 Å². The van der Waals surface area contributed by atoms with E-state index >= 15 is 0 Å². The van der Waals surface area contributed by atoms with Crippen molar-refractivity contribution in [3.8, 4) is 0 Å². The third kappa shape index (κ3) is 11.8. The third-order valence-corrected chi connectivity index (χ3v) is 2.87. The Morgan fingerprint density at radius 2 is 1.79 bits per heavy atom. The van der Waals surface area contributed by atoms with Crippen LogP contribution in [0.5, 0.6) is 0 Å². The van der Waals surface area contributed by atoms with Crippen molar-refractivity contribution in [2.45, 2.75) is 51.7 Å². The van der Waals surface area contributed by atoms with Crippen molar-refractivity contribution >= 4 is 12.6 Å². The van der Waals surface area contributed by atoms with Gasteiger partial charge in [-0.15, -0.1) is 13.2 Å². The Morgan fingerprint density at radius 1 is 1.36 bits per heavy atom. The van der Waals surface area contributed by atoms with E-state index in [1.54, 1.807) is 6.08 Å². The van der Waals surface area contributed by atoms with E-state index in [0.717, 1.165) is 12.3 Å². The molecule has 2 unspecified atom stereocenters. The van der Waals surface area contributed by atoms with Gasteiger partial charge in [-0.1, -0.05) is 32.4 Å². The van der Waals surface area contributed by atoms with Crippen LogP contribution in [0.15, 0.2) is 25.3 Å². The van der Waals surface area contributed by atoms with Crippen LogP contribution >= 0.6 is 12.6 Å². The van der Waals surface area contributed by atoms with Crippen molar-refractivity contribution in [3.63, 3.8) is 0 Å². The Morgan fingerprint density at radius 3 is 1.86 bits per heavy atom. The van der Waals surface area contributed by atoms with E-state index < -0.39 is 0 Å². The van der Waals surface area contributed by atoms with Gasteiger partial charge in [0.25, 0.3) is 0 Å². The van der Waals surface area contributed by atoms with E-state index in [2.05, 4.69) is 39.6 Å². The van der Waals surface area contributed by atoms with Gasteiger partial charge < -0.3 is 0 Å². The van der Waals surface area contributed by atoms with E-state index in [9.17, 15) is 0 Å². The second kappa shape index (κ2) is 12.8. The molecule has 0 aromatic heterocycles. The first kappa shape index (κ1) is 16.3. The van der Waals surface area contributed by atoms with Gasteiger partial charge in [0, 0.05) is 5.25 Å². The fraction of sp³-hybridized carbons (Fsp3) is 0.692. The van der Waals surface area contributed by atoms with Crippen LogP contribution in [0.2, 0.25) is 0 Å². The number of allylic oxidation sites excluding steroid dienone is 2. The van der Waals surface area contributed by atoms with Gasteiger partial charge in [-0.3, -0.25) is 0 Å². The summed E-state index contributed by atoms with van der Waals surface area (Å²) < 4.78 is 0. The van der Waals surface area contributed by atoms with Crippen LogP contribution in [0.4, 0.5) is 0 Å². The Labute approximate surface area is 95.9 Å². The summed E-state index contributed by atoms with van der Waals surface area (Å²) in [5.74, 6) is 0.878. The maximum atomic E-state index is 4.39.